The minimum Gasteiger partial charge on any atom is -0.309 e. The average Bonchev–Trinajstić information content (AvgIpc) is 3.95. The molecule has 0 spiro atoms. The summed E-state index contributed by atoms with van der Waals surface area (Å²) >= 11 is 1.95. The van der Waals surface area contributed by atoms with Crippen LogP contribution in [-0.4, -0.2) is 14.1 Å². The fourth-order valence-corrected chi connectivity index (χ4v) is 10.8. The summed E-state index contributed by atoms with van der Waals surface area (Å²) in [5, 5.41) is 5.57. The predicted molar refractivity (Wildman–Crippen MR) is 242 cm³/mol. The Morgan fingerprint density at radius 3 is 1.68 bits per heavy atom. The van der Waals surface area contributed by atoms with Gasteiger partial charge < -0.3 is 9.13 Å². The maximum atomic E-state index is 5.26. The van der Waals surface area contributed by atoms with Crippen LogP contribution in [0.25, 0.3) is 99.1 Å². The minimum atomic E-state index is 0.967. The van der Waals surface area contributed by atoms with Gasteiger partial charge in [-0.05, 0) is 103 Å². The number of nitrogens with zero attached hydrogens (tertiary/aromatic N) is 3. The van der Waals surface area contributed by atoms with Crippen LogP contribution in [0.3, 0.4) is 0 Å². The normalized spacial score (nSPS) is 13.5. The second-order valence-electron chi connectivity index (χ2n) is 15.3. The van der Waals surface area contributed by atoms with E-state index in [2.05, 4.69) is 185 Å². The number of pyridine rings is 1. The first-order valence-corrected chi connectivity index (χ1v) is 20.8. The zero-order chi connectivity index (χ0) is 37.5. The Kier molecular flexibility index (Phi) is 7.36. The van der Waals surface area contributed by atoms with Gasteiger partial charge in [0.05, 0.1) is 27.1 Å². The Balaban J connectivity index is 1.14. The van der Waals surface area contributed by atoms with Crippen molar-refractivity contribution in [2.45, 2.75) is 25.7 Å². The molecule has 270 valence electrons. The number of para-hydroxylation sites is 1. The van der Waals surface area contributed by atoms with Crippen molar-refractivity contribution < 1.29 is 0 Å². The van der Waals surface area contributed by atoms with E-state index in [1.54, 1.807) is 0 Å². The summed E-state index contributed by atoms with van der Waals surface area (Å²) in [7, 11) is 0. The molecule has 12 rings (SSSR count). The van der Waals surface area contributed by atoms with Gasteiger partial charge in [0.2, 0.25) is 0 Å². The Bertz CT molecular complexity index is 3190. The van der Waals surface area contributed by atoms with E-state index in [0.717, 1.165) is 53.8 Å². The number of hydrogen-bond donors (Lipinski definition) is 0. The van der Waals surface area contributed by atoms with Gasteiger partial charge in [-0.2, -0.15) is 0 Å². The second kappa shape index (κ2) is 12.9. The number of aryl methyl sites for hydroxylation is 2. The molecular weight excluding hydrogens is 711 g/mol. The topological polar surface area (TPSA) is 22.8 Å². The molecule has 0 saturated carbocycles. The molecule has 4 heterocycles. The molecule has 0 aliphatic heterocycles. The van der Waals surface area contributed by atoms with Crippen molar-refractivity contribution in [3.63, 3.8) is 0 Å². The lowest BCUT2D eigenvalue weighted by molar-refractivity contribution is 0.964. The zero-order valence-corrected chi connectivity index (χ0v) is 32.1. The van der Waals surface area contributed by atoms with E-state index in [1.165, 1.54) is 81.4 Å². The van der Waals surface area contributed by atoms with Crippen molar-refractivity contribution in [1.82, 2.24) is 14.1 Å². The lowest BCUT2D eigenvalue weighted by Crippen LogP contribution is -2.01. The van der Waals surface area contributed by atoms with Gasteiger partial charge in [0.1, 0.15) is 0 Å². The molecule has 0 bridgehead atoms. The molecule has 10 aromatic rings. The summed E-state index contributed by atoms with van der Waals surface area (Å²) < 4.78 is 7.86. The van der Waals surface area contributed by atoms with Crippen molar-refractivity contribution >= 4 is 65.5 Å². The Labute approximate surface area is 335 Å². The van der Waals surface area contributed by atoms with Crippen LogP contribution in [0.4, 0.5) is 0 Å². The summed E-state index contributed by atoms with van der Waals surface area (Å²) in [5.74, 6) is 0. The van der Waals surface area contributed by atoms with E-state index in [1.807, 2.05) is 11.3 Å². The predicted octanol–water partition coefficient (Wildman–Crippen LogP) is 14.3. The summed E-state index contributed by atoms with van der Waals surface area (Å²) in [4.78, 5) is 5.26. The van der Waals surface area contributed by atoms with Gasteiger partial charge in [0, 0.05) is 60.1 Å². The van der Waals surface area contributed by atoms with Gasteiger partial charge in [0.15, 0.2) is 0 Å². The second-order valence-corrected chi connectivity index (χ2v) is 16.3. The highest BCUT2D eigenvalue weighted by molar-refractivity contribution is 7.27. The number of allylic oxidation sites excluding steroid dienone is 2. The van der Waals surface area contributed by atoms with Crippen molar-refractivity contribution in [2.24, 2.45) is 0 Å². The van der Waals surface area contributed by atoms with Gasteiger partial charge in [-0.15, -0.1) is 11.3 Å². The zero-order valence-electron chi connectivity index (χ0n) is 31.3. The molecule has 0 amide bonds. The Morgan fingerprint density at radius 1 is 0.456 bits per heavy atom. The van der Waals surface area contributed by atoms with Crippen LogP contribution in [0, 0.1) is 0 Å². The first-order chi connectivity index (χ1) is 28.3. The maximum absolute atomic E-state index is 5.26. The van der Waals surface area contributed by atoms with Crippen LogP contribution in [0.15, 0.2) is 164 Å². The molecule has 4 heteroatoms. The van der Waals surface area contributed by atoms with Gasteiger partial charge in [-0.3, -0.25) is 0 Å². The Hall–Kier alpha value is -6.75. The summed E-state index contributed by atoms with van der Waals surface area (Å²) in [5.41, 5.74) is 17.1. The third kappa shape index (κ3) is 5.00. The number of aromatic nitrogens is 3. The number of hydrogen-bond acceptors (Lipinski definition) is 2. The van der Waals surface area contributed by atoms with E-state index >= 15 is 0 Å². The smallest absolute Gasteiger partial charge is 0.0737 e. The van der Waals surface area contributed by atoms with Crippen molar-refractivity contribution in [3.8, 4) is 45.0 Å². The fraction of sp³-hybridized carbons (Fsp3) is 0.0755. The highest BCUT2D eigenvalue weighted by Crippen LogP contribution is 2.51. The van der Waals surface area contributed by atoms with E-state index in [-0.39, 0.29) is 0 Å². The summed E-state index contributed by atoms with van der Waals surface area (Å²) in [6, 6.07) is 54.8. The molecule has 0 fully saturated rings. The van der Waals surface area contributed by atoms with E-state index in [4.69, 9.17) is 4.98 Å². The average molecular weight is 748 g/mol. The lowest BCUT2D eigenvalue weighted by atomic mass is 9.94. The first kappa shape index (κ1) is 32.5. The summed E-state index contributed by atoms with van der Waals surface area (Å²) in [6.07, 6.45) is 13.6. The molecule has 0 radical (unpaired) electrons. The van der Waals surface area contributed by atoms with E-state index in [0.29, 0.717) is 0 Å². The third-order valence-electron chi connectivity index (χ3n) is 12.0. The SMILES string of the molecule is C1=Cc2c(c3c4c5ccccc5sc4c4c(c5c(n4-c4ccc(-c6cc(-c7ccccc7)cc(-c7ccccc7)n6)cc4)C=CCC5)c3n2-c2ccccc2)CC1. The monoisotopic (exact) mass is 747 g/mol. The van der Waals surface area contributed by atoms with Gasteiger partial charge in [-0.1, -0.05) is 121 Å². The number of benzene rings is 6. The van der Waals surface area contributed by atoms with Crippen molar-refractivity contribution in [1.29, 1.82) is 0 Å². The lowest BCUT2D eigenvalue weighted by Gasteiger charge is -2.14. The molecule has 2 aliphatic carbocycles. The molecule has 0 saturated heterocycles. The van der Waals surface area contributed by atoms with E-state index in [9.17, 15) is 0 Å². The molecule has 0 atom stereocenters. The van der Waals surface area contributed by atoms with Crippen molar-refractivity contribution in [3.05, 3.63) is 186 Å². The standard InChI is InChI=1S/C53H37N3S/c1-4-16-34(17-5-1)37-32-43(35-18-6-2-7-19-35)54-44(33-37)36-28-30-39(31-29-36)56-46-26-14-11-23-41(46)50-51-48(49-42-24-12-15-27-47(42)57-53(49)52(50)56)40-22-10-13-25-45(40)55(51)38-20-8-3-9-21-38/h1-9,12-21,24-33H,10-11,22-23H2. The van der Waals surface area contributed by atoms with Crippen LogP contribution in [0.5, 0.6) is 0 Å². The largest absolute Gasteiger partial charge is 0.309 e. The molecule has 3 nitrogen and oxygen atoms in total. The Morgan fingerprint density at radius 2 is 1.00 bits per heavy atom. The van der Waals surface area contributed by atoms with E-state index < -0.39 is 0 Å². The van der Waals surface area contributed by atoms with Crippen LogP contribution >= 0.6 is 11.3 Å². The van der Waals surface area contributed by atoms with Crippen LogP contribution < -0.4 is 0 Å². The quantitative estimate of drug-likeness (QED) is 0.172. The number of rotatable bonds is 5. The van der Waals surface area contributed by atoms with Gasteiger partial charge >= 0.3 is 0 Å². The minimum absolute atomic E-state index is 0.967. The fourth-order valence-electron chi connectivity index (χ4n) is 9.54. The van der Waals surface area contributed by atoms with Crippen LogP contribution in [0.2, 0.25) is 0 Å². The molecule has 0 unspecified atom stereocenters. The molecule has 6 aromatic carbocycles. The highest BCUT2D eigenvalue weighted by atomic mass is 32.1. The molecule has 57 heavy (non-hydrogen) atoms. The van der Waals surface area contributed by atoms with Gasteiger partial charge in [-0.25, -0.2) is 4.98 Å². The molecule has 4 aromatic heterocycles. The van der Waals surface area contributed by atoms with Crippen LogP contribution in [0.1, 0.15) is 35.4 Å². The maximum Gasteiger partial charge on any atom is 0.0737 e. The molecular formula is C53H37N3S. The number of thiophene rings is 1. The summed E-state index contributed by atoms with van der Waals surface area (Å²) in [6.45, 7) is 0. The third-order valence-corrected chi connectivity index (χ3v) is 13.2. The van der Waals surface area contributed by atoms with Crippen molar-refractivity contribution in [2.75, 3.05) is 0 Å². The highest BCUT2D eigenvalue weighted by Gasteiger charge is 2.31. The van der Waals surface area contributed by atoms with Crippen LogP contribution in [-0.2, 0) is 12.8 Å². The molecule has 0 N–H and O–H groups in total. The molecule has 2 aliphatic rings. The number of fused-ring (bicyclic) bond motifs is 12. The first-order valence-electron chi connectivity index (χ1n) is 20.0. The van der Waals surface area contributed by atoms with Gasteiger partial charge in [0.25, 0.3) is 0 Å².